The zero-order valence-corrected chi connectivity index (χ0v) is 16.1. The maximum absolute atomic E-state index is 13.8. The van der Waals surface area contributed by atoms with Crippen LogP contribution in [0.15, 0.2) is 54.6 Å². The lowest BCUT2D eigenvalue weighted by Gasteiger charge is -2.20. The summed E-state index contributed by atoms with van der Waals surface area (Å²) in [5, 5.41) is 4.79. The Labute approximate surface area is 171 Å². The van der Waals surface area contributed by atoms with E-state index in [1.165, 1.54) is 0 Å². The number of amides is 2. The van der Waals surface area contributed by atoms with E-state index in [1.807, 2.05) is 49.4 Å². The monoisotopic (exact) mass is 412 g/mol. The molecule has 0 aromatic heterocycles. The van der Waals surface area contributed by atoms with Crippen LogP contribution in [0.25, 0.3) is 0 Å². The molecule has 4 rings (SSSR count). The van der Waals surface area contributed by atoms with Crippen molar-refractivity contribution < 1.29 is 22.7 Å². The number of rotatable bonds is 3. The van der Waals surface area contributed by atoms with Gasteiger partial charge in [0.05, 0.1) is 0 Å². The third-order valence-electron chi connectivity index (χ3n) is 5.07. The summed E-state index contributed by atoms with van der Waals surface area (Å²) in [7, 11) is 0. The summed E-state index contributed by atoms with van der Waals surface area (Å²) >= 11 is 0. The van der Waals surface area contributed by atoms with Crippen LogP contribution in [0, 0.1) is 24.4 Å². The van der Waals surface area contributed by atoms with Crippen molar-refractivity contribution in [2.75, 3.05) is 11.9 Å². The van der Waals surface area contributed by atoms with Crippen molar-refractivity contribution in [3.8, 4) is 5.75 Å². The minimum absolute atomic E-state index is 0.174. The smallest absolute Gasteiger partial charge is 0.319 e. The number of ether oxygens (including phenoxy) is 1. The molecule has 4 nitrogen and oxygen atoms in total. The van der Waals surface area contributed by atoms with E-state index in [2.05, 4.69) is 10.6 Å². The number of fused-ring (bicyclic) bond motifs is 2. The fourth-order valence-electron chi connectivity index (χ4n) is 3.63. The van der Waals surface area contributed by atoms with Crippen LogP contribution in [-0.4, -0.2) is 12.6 Å². The van der Waals surface area contributed by atoms with E-state index >= 15 is 0 Å². The number of carbonyl (C=O) groups is 1. The molecule has 1 atom stereocenters. The Morgan fingerprint density at radius 1 is 1.03 bits per heavy atom. The Hall–Kier alpha value is -3.48. The molecular weight excluding hydrogens is 393 g/mol. The zero-order valence-electron chi connectivity index (χ0n) is 16.1. The van der Waals surface area contributed by atoms with Crippen molar-refractivity contribution in [3.05, 3.63) is 94.3 Å². The number of benzene rings is 3. The standard InChI is InChI=1S/C23H19F3N2O2/c1-13-6-7-21-17(8-13)18(16-5-3-2-4-14(16)12-30-21)11-27-23(29)28-22-19(25)9-15(24)10-20(22)26/h2-10,18H,11-12H2,1H3,(H2,27,28,29). The van der Waals surface area contributed by atoms with Crippen LogP contribution in [0.5, 0.6) is 5.75 Å². The fraction of sp³-hybridized carbons (Fsp3) is 0.174. The van der Waals surface area contributed by atoms with E-state index in [9.17, 15) is 18.0 Å². The first kappa shape index (κ1) is 19.8. The molecule has 7 heteroatoms. The lowest BCUT2D eigenvalue weighted by molar-refractivity contribution is 0.251. The topological polar surface area (TPSA) is 50.4 Å². The van der Waals surface area contributed by atoms with Gasteiger partial charge in [-0.05, 0) is 24.1 Å². The number of halogens is 3. The van der Waals surface area contributed by atoms with Crippen LogP contribution in [0.4, 0.5) is 23.7 Å². The Bertz CT molecular complexity index is 1090. The molecule has 0 aliphatic carbocycles. The van der Waals surface area contributed by atoms with Gasteiger partial charge in [-0.1, -0.05) is 42.0 Å². The summed E-state index contributed by atoms with van der Waals surface area (Å²) in [5.41, 5.74) is 3.26. The summed E-state index contributed by atoms with van der Waals surface area (Å²) in [6.45, 7) is 2.54. The number of carbonyl (C=O) groups excluding carboxylic acids is 1. The van der Waals surface area contributed by atoms with Gasteiger partial charge in [-0.2, -0.15) is 0 Å². The Balaban J connectivity index is 1.59. The van der Waals surface area contributed by atoms with Gasteiger partial charge in [0.1, 0.15) is 23.9 Å². The van der Waals surface area contributed by atoms with Crippen LogP contribution in [0.3, 0.4) is 0 Å². The number of hydrogen-bond acceptors (Lipinski definition) is 2. The van der Waals surface area contributed by atoms with Crippen molar-refractivity contribution in [2.24, 2.45) is 0 Å². The van der Waals surface area contributed by atoms with Crippen LogP contribution < -0.4 is 15.4 Å². The summed E-state index contributed by atoms with van der Waals surface area (Å²) in [4.78, 5) is 12.3. The fourth-order valence-corrected chi connectivity index (χ4v) is 3.63. The highest BCUT2D eigenvalue weighted by Crippen LogP contribution is 2.37. The molecule has 0 fully saturated rings. The van der Waals surface area contributed by atoms with Gasteiger partial charge in [-0.25, -0.2) is 18.0 Å². The maximum atomic E-state index is 13.8. The molecule has 0 radical (unpaired) electrons. The summed E-state index contributed by atoms with van der Waals surface area (Å²) < 4.78 is 46.7. The molecule has 1 unspecified atom stereocenters. The molecule has 1 aliphatic rings. The summed E-state index contributed by atoms with van der Waals surface area (Å²) in [6, 6.07) is 13.8. The van der Waals surface area contributed by atoms with E-state index in [0.29, 0.717) is 18.7 Å². The molecule has 3 aromatic carbocycles. The largest absolute Gasteiger partial charge is 0.489 e. The Morgan fingerprint density at radius 2 is 1.77 bits per heavy atom. The highest BCUT2D eigenvalue weighted by atomic mass is 19.1. The normalized spacial score (nSPS) is 14.7. The summed E-state index contributed by atoms with van der Waals surface area (Å²) in [5.74, 6) is -2.92. The molecule has 1 aliphatic heterocycles. The van der Waals surface area contributed by atoms with E-state index < -0.39 is 29.2 Å². The van der Waals surface area contributed by atoms with E-state index in [4.69, 9.17) is 4.74 Å². The predicted molar refractivity (Wildman–Crippen MR) is 107 cm³/mol. The first-order valence-corrected chi connectivity index (χ1v) is 9.43. The summed E-state index contributed by atoms with van der Waals surface area (Å²) in [6.07, 6.45) is 0. The number of nitrogens with one attached hydrogen (secondary N) is 2. The van der Waals surface area contributed by atoms with Crippen LogP contribution >= 0.6 is 0 Å². The van der Waals surface area contributed by atoms with Gasteiger partial charge < -0.3 is 15.4 Å². The van der Waals surface area contributed by atoms with Crippen molar-refractivity contribution in [1.82, 2.24) is 5.32 Å². The minimum Gasteiger partial charge on any atom is -0.489 e. The second-order valence-corrected chi connectivity index (χ2v) is 7.16. The average molecular weight is 412 g/mol. The number of aryl methyl sites for hydroxylation is 1. The Morgan fingerprint density at radius 3 is 2.53 bits per heavy atom. The number of hydrogen-bond donors (Lipinski definition) is 2. The molecule has 2 N–H and O–H groups in total. The molecule has 2 amide bonds. The number of anilines is 1. The quantitative estimate of drug-likeness (QED) is 0.617. The first-order chi connectivity index (χ1) is 14.4. The number of urea groups is 1. The molecule has 0 spiro atoms. The van der Waals surface area contributed by atoms with Gasteiger partial charge >= 0.3 is 6.03 Å². The molecular formula is C23H19F3N2O2. The van der Waals surface area contributed by atoms with Gasteiger partial charge in [-0.15, -0.1) is 0 Å². The van der Waals surface area contributed by atoms with Crippen molar-refractivity contribution in [2.45, 2.75) is 19.4 Å². The Kier molecular flexibility index (Phi) is 5.35. The highest BCUT2D eigenvalue weighted by Gasteiger charge is 2.25. The van der Waals surface area contributed by atoms with Crippen LogP contribution in [0.1, 0.15) is 28.2 Å². The predicted octanol–water partition coefficient (Wildman–Crippen LogP) is 5.26. The van der Waals surface area contributed by atoms with E-state index in [-0.39, 0.29) is 12.5 Å². The van der Waals surface area contributed by atoms with Crippen molar-refractivity contribution in [3.63, 3.8) is 0 Å². The van der Waals surface area contributed by atoms with Crippen molar-refractivity contribution >= 4 is 11.7 Å². The van der Waals surface area contributed by atoms with Gasteiger partial charge in [0.15, 0.2) is 11.6 Å². The van der Waals surface area contributed by atoms with Gasteiger partial charge in [-0.3, -0.25) is 0 Å². The molecule has 154 valence electrons. The van der Waals surface area contributed by atoms with Crippen molar-refractivity contribution in [1.29, 1.82) is 0 Å². The maximum Gasteiger partial charge on any atom is 0.319 e. The third-order valence-corrected chi connectivity index (χ3v) is 5.07. The second kappa shape index (κ2) is 8.10. The highest BCUT2D eigenvalue weighted by molar-refractivity contribution is 5.89. The average Bonchev–Trinajstić information content (AvgIpc) is 2.85. The first-order valence-electron chi connectivity index (χ1n) is 9.43. The van der Waals surface area contributed by atoms with E-state index in [1.54, 1.807) is 0 Å². The lowest BCUT2D eigenvalue weighted by atomic mass is 9.87. The van der Waals surface area contributed by atoms with Gasteiger partial charge in [0.25, 0.3) is 0 Å². The third kappa shape index (κ3) is 3.96. The molecule has 30 heavy (non-hydrogen) atoms. The molecule has 1 heterocycles. The van der Waals surface area contributed by atoms with Crippen LogP contribution in [0.2, 0.25) is 0 Å². The van der Waals surface area contributed by atoms with Gasteiger partial charge in [0.2, 0.25) is 0 Å². The lowest BCUT2D eigenvalue weighted by Crippen LogP contribution is -2.33. The molecule has 3 aromatic rings. The zero-order chi connectivity index (χ0) is 21.3. The van der Waals surface area contributed by atoms with E-state index in [0.717, 1.165) is 28.0 Å². The second-order valence-electron chi connectivity index (χ2n) is 7.16. The molecule has 0 bridgehead atoms. The molecule has 0 saturated carbocycles. The SMILES string of the molecule is Cc1ccc2c(c1)C(CNC(=O)Nc1c(F)cc(F)cc1F)c1ccccc1CO2. The molecule has 0 saturated heterocycles. The van der Waals surface area contributed by atoms with Gasteiger partial charge in [0, 0.05) is 30.2 Å². The van der Waals surface area contributed by atoms with Crippen LogP contribution in [-0.2, 0) is 6.61 Å². The minimum atomic E-state index is -1.18.